The van der Waals surface area contributed by atoms with E-state index in [1.54, 1.807) is 0 Å². The van der Waals surface area contributed by atoms with Crippen molar-refractivity contribution in [2.24, 2.45) is 5.73 Å². The molecule has 0 aromatic carbocycles. The highest BCUT2D eigenvalue weighted by Crippen LogP contribution is 2.34. The van der Waals surface area contributed by atoms with Gasteiger partial charge in [0.2, 0.25) is 11.6 Å². The Morgan fingerprint density at radius 3 is 0.862 bits per heavy atom. The van der Waals surface area contributed by atoms with Gasteiger partial charge in [-0.25, -0.2) is 0 Å². The molecular weight excluding hydrogens is 880 g/mol. The molecule has 0 saturated carbocycles. The summed E-state index contributed by atoms with van der Waals surface area (Å²) in [6, 6.07) is 0. The number of Topliss-reactive ketones (excluding diaryl/α,β-unsaturated/α-hetero) is 1. The molecule has 1 aliphatic carbocycles. The highest BCUT2D eigenvalue weighted by molar-refractivity contribution is 6.22. The van der Waals surface area contributed by atoms with Gasteiger partial charge in [-0.3, -0.25) is 67.5 Å². The highest BCUT2D eigenvalue weighted by Gasteiger charge is 2.43. The van der Waals surface area contributed by atoms with E-state index >= 15 is 0 Å². The number of allylic oxidation sites excluding steroid dienone is 1. The minimum atomic E-state index is -1.23. The Morgan fingerprint density at radius 2 is 0.677 bits per heavy atom. The summed E-state index contributed by atoms with van der Waals surface area (Å²) in [4.78, 5) is 119. The van der Waals surface area contributed by atoms with E-state index in [2.05, 4.69) is 0 Å². The van der Waals surface area contributed by atoms with E-state index in [-0.39, 0.29) is 37.7 Å². The normalized spacial score (nSPS) is 15.0. The molecule has 366 valence electrons. The number of rotatable bonds is 28. The van der Waals surface area contributed by atoms with Crippen LogP contribution in [0.3, 0.4) is 0 Å². The molecule has 0 aromatic rings. The van der Waals surface area contributed by atoms with Crippen LogP contribution in [-0.2, 0) is 47.9 Å². The monoisotopic (exact) mass is 936 g/mol. The molecule has 0 unspecified atom stereocenters. The van der Waals surface area contributed by atoms with Gasteiger partial charge in [0.15, 0.2) is 0 Å². The number of hydrogen-bond acceptors (Lipinski definition) is 21. The number of aliphatic hydroxyl groups excluding tert-OH is 3. The summed E-state index contributed by atoms with van der Waals surface area (Å²) in [5.41, 5.74) is 5.82. The topological polar surface area (TPSA) is 441 Å². The summed E-state index contributed by atoms with van der Waals surface area (Å²) in [6.07, 6.45) is 1.52. The predicted molar refractivity (Wildman–Crippen MR) is 215 cm³/mol. The fourth-order valence-electron chi connectivity index (χ4n) is 5.38. The lowest BCUT2D eigenvalue weighted by Gasteiger charge is -2.23. The maximum Gasteiger partial charge on any atom is 0.317 e. The van der Waals surface area contributed by atoms with Gasteiger partial charge in [-0.05, 0) is 0 Å². The Kier molecular flexibility index (Phi) is 24.2. The molecule has 0 atom stereocenters. The van der Waals surface area contributed by atoms with Gasteiger partial charge >= 0.3 is 47.8 Å². The average molecular weight is 937 g/mol. The zero-order valence-corrected chi connectivity index (χ0v) is 35.1. The third-order valence-corrected chi connectivity index (χ3v) is 8.77. The largest absolute Gasteiger partial charge is 0.480 e. The number of aliphatic carboxylic acids is 8. The third-order valence-electron chi connectivity index (χ3n) is 8.77. The lowest BCUT2D eigenvalue weighted by molar-refractivity contribution is -0.145. The van der Waals surface area contributed by atoms with Crippen molar-refractivity contribution >= 4 is 59.3 Å². The van der Waals surface area contributed by atoms with E-state index in [0.29, 0.717) is 17.1 Å². The summed E-state index contributed by atoms with van der Waals surface area (Å²) in [7, 11) is 0. The second-order valence-electron chi connectivity index (χ2n) is 14.7. The number of aliphatic hydroxyl groups is 3. The van der Waals surface area contributed by atoms with E-state index in [1.807, 2.05) is 14.7 Å². The maximum absolute atomic E-state index is 12.4. The van der Waals surface area contributed by atoms with Crippen LogP contribution in [0.25, 0.3) is 0 Å². The summed E-state index contributed by atoms with van der Waals surface area (Å²) in [5.74, 6) is -9.77. The van der Waals surface area contributed by atoms with E-state index in [0.717, 1.165) is 58.9 Å². The number of nitrogens with zero attached hydrogens (tertiary/aromatic N) is 7. The molecule has 29 nitrogen and oxygen atoms in total. The summed E-state index contributed by atoms with van der Waals surface area (Å²) >= 11 is 0. The molecule has 4 rings (SSSR count). The Bertz CT molecular complexity index is 1580. The van der Waals surface area contributed by atoms with Crippen LogP contribution in [0, 0.1) is 0 Å². The van der Waals surface area contributed by atoms with Crippen molar-refractivity contribution in [3.8, 4) is 0 Å². The smallest absolute Gasteiger partial charge is 0.317 e. The van der Waals surface area contributed by atoms with Crippen molar-refractivity contribution in [2.75, 3.05) is 138 Å². The molecule has 0 bridgehead atoms. The van der Waals surface area contributed by atoms with Gasteiger partial charge in [0, 0.05) is 71.5 Å². The first-order valence-corrected chi connectivity index (χ1v) is 19.4. The fraction of sp³-hybridized carbons (Fsp3) is 0.611. The second-order valence-corrected chi connectivity index (χ2v) is 14.7. The molecule has 29 heteroatoms. The number of hydrogen-bond donors (Lipinski definition) is 12. The van der Waals surface area contributed by atoms with Gasteiger partial charge in [0.25, 0.3) is 0 Å². The Morgan fingerprint density at radius 1 is 0.446 bits per heavy atom. The Labute approximate surface area is 369 Å². The lowest BCUT2D eigenvalue weighted by atomic mass is 10.0. The predicted octanol–water partition coefficient (Wildman–Crippen LogP) is -7.30. The Balaban J connectivity index is 0.000000450. The van der Waals surface area contributed by atoms with E-state index in [4.69, 9.17) is 61.9 Å². The summed E-state index contributed by atoms with van der Waals surface area (Å²) in [6.45, 7) is -0.303. The van der Waals surface area contributed by atoms with Crippen molar-refractivity contribution in [1.29, 1.82) is 0 Å². The molecular formula is C36H56N8O21. The van der Waals surface area contributed by atoms with Gasteiger partial charge in [0.05, 0.1) is 83.4 Å². The number of ketones is 2. The van der Waals surface area contributed by atoms with Crippen LogP contribution in [0.15, 0.2) is 23.2 Å². The molecule has 0 radical (unpaired) electrons. The molecule has 3 aliphatic heterocycles. The second kappa shape index (κ2) is 27.8. The van der Waals surface area contributed by atoms with Crippen LogP contribution in [0.1, 0.15) is 0 Å². The SMILES string of the molecule is NC(CO)(CO)CO.O=C(O)CN(CCN(CC(=O)O)CC(=O)O)CC(=O)O.O=C(O)CN(CCN(CC(=O)O)CC(=O)O)CC(=O)O.O=C1C=C(N2CC2)C(=O)C(N2CC2)=C1N1CC1. The van der Waals surface area contributed by atoms with Crippen LogP contribution in [-0.4, -0.2) is 293 Å². The standard InChI is InChI=1S/C12H13N3O2.2C10H16N2O8.C4H11NO3/c16-9-7-8(13-1-2-13)12(17)11(15-5-6-15)10(9)14-3-4-14;2*13-7(14)3-11(4-8(15)16)1-2-12(5-9(17)18)6-10(19)20;5-4(1-6,2-7)3-8/h7H,1-6H2;2*1-6H2,(H,13,14)(H,15,16)(H,17,18)(H,19,20);6-8H,1-3,5H2. The van der Waals surface area contributed by atoms with Crippen LogP contribution in [0.4, 0.5) is 0 Å². The number of carboxylic acid groups (broad SMARTS) is 8. The van der Waals surface area contributed by atoms with Gasteiger partial charge in [-0.1, -0.05) is 0 Å². The average Bonchev–Trinajstić information content (AvgIpc) is 4.01. The van der Waals surface area contributed by atoms with E-state index in [1.165, 1.54) is 6.08 Å². The first-order chi connectivity index (χ1) is 30.3. The van der Waals surface area contributed by atoms with Crippen LogP contribution in [0.2, 0.25) is 0 Å². The number of carbonyl (C=O) groups is 10. The van der Waals surface area contributed by atoms with Crippen LogP contribution >= 0.6 is 0 Å². The quantitative estimate of drug-likeness (QED) is 0.0256. The summed E-state index contributed by atoms with van der Waals surface area (Å²) in [5, 5.41) is 94.0. The molecule has 3 fully saturated rings. The Hall–Kier alpha value is -6.34. The van der Waals surface area contributed by atoms with Crippen molar-refractivity contribution in [1.82, 2.24) is 34.3 Å². The summed E-state index contributed by atoms with van der Waals surface area (Å²) < 4.78 is 0. The van der Waals surface area contributed by atoms with Gasteiger partial charge in [0.1, 0.15) is 11.4 Å². The number of carboxylic acids is 8. The van der Waals surface area contributed by atoms with Crippen LogP contribution in [0.5, 0.6) is 0 Å². The van der Waals surface area contributed by atoms with Gasteiger partial charge < -0.3 is 76.6 Å². The van der Waals surface area contributed by atoms with Crippen molar-refractivity contribution in [3.63, 3.8) is 0 Å². The molecule has 13 N–H and O–H groups in total. The highest BCUT2D eigenvalue weighted by atomic mass is 16.4. The molecule has 0 amide bonds. The third kappa shape index (κ3) is 24.3. The number of carbonyl (C=O) groups excluding carboxylic acids is 2. The fourth-order valence-corrected chi connectivity index (χ4v) is 5.38. The molecule has 3 saturated heterocycles. The van der Waals surface area contributed by atoms with Crippen LogP contribution < -0.4 is 5.73 Å². The molecule has 4 aliphatic rings. The lowest BCUT2D eigenvalue weighted by Crippen LogP contribution is -2.50. The first kappa shape index (κ1) is 56.7. The zero-order chi connectivity index (χ0) is 49.6. The first-order valence-electron chi connectivity index (χ1n) is 19.4. The number of nitrogens with two attached hydrogens (primary N) is 1. The van der Waals surface area contributed by atoms with Crippen molar-refractivity contribution < 1.29 is 104 Å². The van der Waals surface area contributed by atoms with E-state index < -0.39 is 125 Å². The molecule has 3 heterocycles. The minimum absolute atomic E-state index is 0.00546. The molecule has 65 heavy (non-hydrogen) atoms. The van der Waals surface area contributed by atoms with Gasteiger partial charge in [-0.15, -0.1) is 0 Å². The van der Waals surface area contributed by atoms with E-state index in [9.17, 15) is 47.9 Å². The molecule has 0 aromatic heterocycles. The van der Waals surface area contributed by atoms with Gasteiger partial charge in [-0.2, -0.15) is 0 Å². The maximum atomic E-state index is 12.4. The zero-order valence-electron chi connectivity index (χ0n) is 35.1. The van der Waals surface area contributed by atoms with Crippen molar-refractivity contribution in [3.05, 3.63) is 23.2 Å². The molecule has 0 spiro atoms. The minimum Gasteiger partial charge on any atom is -0.480 e. The van der Waals surface area contributed by atoms with Crippen molar-refractivity contribution in [2.45, 2.75) is 5.54 Å².